The molecule has 1 saturated heterocycles. The molecule has 24 heavy (non-hydrogen) atoms. The Labute approximate surface area is 141 Å². The van der Waals surface area contributed by atoms with E-state index in [1.807, 2.05) is 19.2 Å². The Morgan fingerprint density at radius 1 is 1.54 bits per heavy atom. The summed E-state index contributed by atoms with van der Waals surface area (Å²) in [6, 6.07) is 2.02. The third-order valence-corrected chi connectivity index (χ3v) is 4.31. The summed E-state index contributed by atoms with van der Waals surface area (Å²) in [7, 11) is 0. The first-order valence-electron chi connectivity index (χ1n) is 8.46. The van der Waals surface area contributed by atoms with E-state index in [4.69, 9.17) is 4.52 Å². The zero-order valence-electron chi connectivity index (χ0n) is 14.2. The Kier molecular flexibility index (Phi) is 5.24. The molecule has 0 aliphatic carbocycles. The lowest BCUT2D eigenvalue weighted by atomic mass is 9.97. The van der Waals surface area contributed by atoms with Gasteiger partial charge >= 0.3 is 0 Å². The molecule has 0 radical (unpaired) electrons. The Morgan fingerprint density at radius 3 is 3.08 bits per heavy atom. The molecule has 1 atom stereocenters. The van der Waals surface area contributed by atoms with Crippen LogP contribution in [0.3, 0.4) is 0 Å². The van der Waals surface area contributed by atoms with Gasteiger partial charge in [0.1, 0.15) is 6.54 Å². The number of hydrogen-bond donors (Lipinski definition) is 1. The number of nitrogens with one attached hydrogen (secondary N) is 1. The van der Waals surface area contributed by atoms with Crippen molar-refractivity contribution in [1.29, 1.82) is 0 Å². The SMILES string of the molecule is CCN(Cc1noc(C)n1)C(=O)Cn1ccc([C@H]2CCCNC2)n1. The third kappa shape index (κ3) is 4.00. The molecule has 3 heterocycles. The minimum atomic E-state index is -0.00336. The zero-order chi connectivity index (χ0) is 16.9. The summed E-state index contributed by atoms with van der Waals surface area (Å²) in [5.74, 6) is 1.47. The smallest absolute Gasteiger partial charge is 0.244 e. The number of rotatable bonds is 6. The maximum atomic E-state index is 12.5. The lowest BCUT2D eigenvalue weighted by Gasteiger charge is -2.21. The van der Waals surface area contributed by atoms with Gasteiger partial charge in [0.15, 0.2) is 5.82 Å². The highest BCUT2D eigenvalue weighted by atomic mass is 16.5. The highest BCUT2D eigenvalue weighted by Crippen LogP contribution is 2.21. The molecule has 1 fully saturated rings. The van der Waals surface area contributed by atoms with Crippen molar-refractivity contribution < 1.29 is 9.32 Å². The first kappa shape index (κ1) is 16.6. The summed E-state index contributed by atoms with van der Waals surface area (Å²) < 4.78 is 6.67. The Morgan fingerprint density at radius 2 is 2.42 bits per heavy atom. The lowest BCUT2D eigenvalue weighted by Crippen LogP contribution is -2.34. The third-order valence-electron chi connectivity index (χ3n) is 4.31. The fourth-order valence-electron chi connectivity index (χ4n) is 2.98. The van der Waals surface area contributed by atoms with Crippen LogP contribution in [0.15, 0.2) is 16.8 Å². The molecular weight excluding hydrogens is 308 g/mol. The monoisotopic (exact) mass is 332 g/mol. The maximum Gasteiger partial charge on any atom is 0.244 e. The van der Waals surface area contributed by atoms with E-state index in [9.17, 15) is 4.79 Å². The average molecular weight is 332 g/mol. The van der Waals surface area contributed by atoms with E-state index in [0.29, 0.717) is 30.7 Å². The van der Waals surface area contributed by atoms with Gasteiger partial charge in [-0.05, 0) is 32.4 Å². The van der Waals surface area contributed by atoms with Gasteiger partial charge in [0.05, 0.1) is 12.2 Å². The lowest BCUT2D eigenvalue weighted by molar-refractivity contribution is -0.132. The van der Waals surface area contributed by atoms with Crippen LogP contribution >= 0.6 is 0 Å². The van der Waals surface area contributed by atoms with Gasteiger partial charge in [0.2, 0.25) is 11.8 Å². The van der Waals surface area contributed by atoms with E-state index >= 15 is 0 Å². The number of carbonyl (C=O) groups excluding carboxylic acids is 1. The molecule has 2 aromatic heterocycles. The number of likely N-dealkylation sites (N-methyl/N-ethyl adjacent to an activating group) is 1. The summed E-state index contributed by atoms with van der Waals surface area (Å²) in [6.45, 7) is 6.89. The van der Waals surface area contributed by atoms with Gasteiger partial charge in [-0.1, -0.05) is 5.16 Å². The first-order chi connectivity index (χ1) is 11.7. The summed E-state index contributed by atoms with van der Waals surface area (Å²) in [5.41, 5.74) is 1.06. The van der Waals surface area contributed by atoms with E-state index < -0.39 is 0 Å². The van der Waals surface area contributed by atoms with Crippen LogP contribution in [-0.4, -0.2) is 50.4 Å². The van der Waals surface area contributed by atoms with E-state index in [2.05, 4.69) is 20.6 Å². The van der Waals surface area contributed by atoms with E-state index in [0.717, 1.165) is 25.2 Å². The van der Waals surface area contributed by atoms with Crippen molar-refractivity contribution in [2.75, 3.05) is 19.6 Å². The standard InChI is InChI=1S/C16H24N6O2/c1-3-21(10-15-18-12(2)24-20-15)16(23)11-22-8-6-14(19-22)13-5-4-7-17-9-13/h6,8,13,17H,3-5,7,9-11H2,1-2H3/t13-/m0/s1. The van der Waals surface area contributed by atoms with E-state index in [1.165, 1.54) is 6.42 Å². The number of nitrogens with zero attached hydrogens (tertiary/aromatic N) is 5. The minimum absolute atomic E-state index is 0.00336. The fraction of sp³-hybridized carbons (Fsp3) is 0.625. The number of aromatic nitrogens is 4. The quantitative estimate of drug-likeness (QED) is 0.852. The molecule has 8 nitrogen and oxygen atoms in total. The molecule has 0 saturated carbocycles. The molecule has 0 spiro atoms. The molecular formula is C16H24N6O2. The van der Waals surface area contributed by atoms with E-state index in [-0.39, 0.29) is 12.5 Å². The Hall–Kier alpha value is -2.22. The van der Waals surface area contributed by atoms with Crippen LogP contribution in [0.1, 0.15) is 43.1 Å². The molecule has 1 amide bonds. The molecule has 8 heteroatoms. The second kappa shape index (κ2) is 7.57. The summed E-state index contributed by atoms with van der Waals surface area (Å²) in [4.78, 5) is 18.4. The van der Waals surface area contributed by atoms with Crippen molar-refractivity contribution in [2.45, 2.75) is 45.7 Å². The number of amides is 1. The average Bonchev–Trinajstić information content (AvgIpc) is 3.22. The van der Waals surface area contributed by atoms with Crippen molar-refractivity contribution in [3.8, 4) is 0 Å². The predicted molar refractivity (Wildman–Crippen MR) is 87.2 cm³/mol. The summed E-state index contributed by atoms with van der Waals surface area (Å²) in [5, 5.41) is 11.8. The van der Waals surface area contributed by atoms with Gasteiger partial charge in [-0.25, -0.2) is 0 Å². The van der Waals surface area contributed by atoms with Crippen molar-refractivity contribution >= 4 is 5.91 Å². The number of piperidine rings is 1. The van der Waals surface area contributed by atoms with Crippen molar-refractivity contribution in [1.82, 2.24) is 30.1 Å². The van der Waals surface area contributed by atoms with Crippen LogP contribution in [0.4, 0.5) is 0 Å². The highest BCUT2D eigenvalue weighted by molar-refractivity contribution is 5.75. The van der Waals surface area contributed by atoms with Gasteiger partial charge in [-0.3, -0.25) is 9.48 Å². The maximum absolute atomic E-state index is 12.5. The molecule has 2 aromatic rings. The largest absolute Gasteiger partial charge is 0.340 e. The van der Waals surface area contributed by atoms with Gasteiger partial charge in [0.25, 0.3) is 0 Å². The summed E-state index contributed by atoms with van der Waals surface area (Å²) >= 11 is 0. The molecule has 130 valence electrons. The van der Waals surface area contributed by atoms with Crippen molar-refractivity contribution in [2.24, 2.45) is 0 Å². The molecule has 0 unspecified atom stereocenters. The predicted octanol–water partition coefficient (Wildman–Crippen LogP) is 1.09. The fourth-order valence-corrected chi connectivity index (χ4v) is 2.98. The number of hydrogen-bond acceptors (Lipinski definition) is 6. The molecule has 1 aliphatic rings. The molecule has 0 bridgehead atoms. The van der Waals surface area contributed by atoms with Gasteiger partial charge < -0.3 is 14.7 Å². The zero-order valence-corrected chi connectivity index (χ0v) is 14.2. The normalized spacial score (nSPS) is 17.8. The Balaban J connectivity index is 1.59. The number of carbonyl (C=O) groups is 1. The van der Waals surface area contributed by atoms with E-state index in [1.54, 1.807) is 16.5 Å². The van der Waals surface area contributed by atoms with Crippen molar-refractivity contribution in [3.63, 3.8) is 0 Å². The second-order valence-electron chi connectivity index (χ2n) is 6.12. The first-order valence-corrected chi connectivity index (χ1v) is 8.46. The molecule has 0 aromatic carbocycles. The molecule has 3 rings (SSSR count). The Bertz CT molecular complexity index is 674. The molecule has 1 N–H and O–H groups in total. The van der Waals surface area contributed by atoms with Crippen LogP contribution in [0.2, 0.25) is 0 Å². The van der Waals surface area contributed by atoms with Crippen molar-refractivity contribution in [3.05, 3.63) is 29.7 Å². The van der Waals surface area contributed by atoms with Gasteiger partial charge in [-0.15, -0.1) is 0 Å². The summed E-state index contributed by atoms with van der Waals surface area (Å²) in [6.07, 6.45) is 4.20. The topological polar surface area (TPSA) is 89.1 Å². The van der Waals surface area contributed by atoms with Crippen LogP contribution < -0.4 is 5.32 Å². The highest BCUT2D eigenvalue weighted by Gasteiger charge is 2.19. The number of aryl methyl sites for hydroxylation is 1. The minimum Gasteiger partial charge on any atom is -0.340 e. The van der Waals surface area contributed by atoms with Crippen LogP contribution in [-0.2, 0) is 17.9 Å². The van der Waals surface area contributed by atoms with Gasteiger partial charge in [-0.2, -0.15) is 10.1 Å². The van der Waals surface area contributed by atoms with Crippen LogP contribution in [0.5, 0.6) is 0 Å². The van der Waals surface area contributed by atoms with Crippen LogP contribution in [0.25, 0.3) is 0 Å². The van der Waals surface area contributed by atoms with Crippen LogP contribution in [0, 0.1) is 6.92 Å². The second-order valence-corrected chi connectivity index (χ2v) is 6.12. The van der Waals surface area contributed by atoms with Gasteiger partial charge in [0, 0.05) is 32.1 Å². The molecule has 1 aliphatic heterocycles.